The molecule has 0 aromatic heterocycles. The highest BCUT2D eigenvalue weighted by atomic mass is 32.2. The Balaban J connectivity index is 2.24. The number of sulfonamides is 2. The highest BCUT2D eigenvalue weighted by molar-refractivity contribution is 7.89. The third-order valence-electron chi connectivity index (χ3n) is 3.66. The molecule has 8 nitrogen and oxygen atoms in total. The third-order valence-corrected chi connectivity index (χ3v) is 7.29. The second kappa shape index (κ2) is 7.06. The Morgan fingerprint density at radius 1 is 1.08 bits per heavy atom. The average Bonchev–Trinajstić information content (AvgIpc) is 2.55. The summed E-state index contributed by atoms with van der Waals surface area (Å²) in [6.07, 6.45) is 0. The molecular formula is C14H23N3O5S2. The van der Waals surface area contributed by atoms with Crippen LogP contribution in [0.1, 0.15) is 13.8 Å². The van der Waals surface area contributed by atoms with Crippen molar-refractivity contribution in [3.63, 3.8) is 0 Å². The molecule has 0 unspecified atom stereocenters. The van der Waals surface area contributed by atoms with Crippen LogP contribution < -0.4 is 10.5 Å². The van der Waals surface area contributed by atoms with E-state index in [1.165, 1.54) is 28.6 Å². The minimum atomic E-state index is -3.78. The minimum absolute atomic E-state index is 0.00930. The Hall–Kier alpha value is -1.04. The number of nitrogens with zero attached hydrogens (tertiary/aromatic N) is 1. The molecule has 0 atom stereocenters. The Bertz CT molecular complexity index is 767. The summed E-state index contributed by atoms with van der Waals surface area (Å²) in [5, 5.41) is 0. The minimum Gasteiger partial charge on any atom is -0.379 e. The summed E-state index contributed by atoms with van der Waals surface area (Å²) in [6.45, 7) is 4.75. The van der Waals surface area contributed by atoms with Gasteiger partial charge in [0, 0.05) is 25.2 Å². The predicted octanol–water partition coefficient (Wildman–Crippen LogP) is -0.277. The lowest BCUT2D eigenvalue weighted by atomic mass is 10.1. The van der Waals surface area contributed by atoms with Crippen molar-refractivity contribution >= 4 is 20.0 Å². The Morgan fingerprint density at radius 3 is 2.08 bits per heavy atom. The molecule has 2 rings (SSSR count). The predicted molar refractivity (Wildman–Crippen MR) is 89.5 cm³/mol. The molecule has 10 heteroatoms. The molecule has 24 heavy (non-hydrogen) atoms. The molecule has 0 aliphatic carbocycles. The van der Waals surface area contributed by atoms with Gasteiger partial charge in [-0.3, -0.25) is 0 Å². The van der Waals surface area contributed by atoms with Crippen LogP contribution in [0.25, 0.3) is 0 Å². The summed E-state index contributed by atoms with van der Waals surface area (Å²) in [5.41, 5.74) is 4.74. The second-order valence-electron chi connectivity index (χ2n) is 6.18. The van der Waals surface area contributed by atoms with Gasteiger partial charge in [0.25, 0.3) is 0 Å². The van der Waals surface area contributed by atoms with Crippen molar-refractivity contribution in [2.24, 2.45) is 5.73 Å². The molecule has 0 saturated carbocycles. The van der Waals surface area contributed by atoms with E-state index in [2.05, 4.69) is 4.72 Å². The van der Waals surface area contributed by atoms with E-state index in [1.54, 1.807) is 13.8 Å². The van der Waals surface area contributed by atoms with E-state index in [1.807, 2.05) is 0 Å². The molecular weight excluding hydrogens is 354 g/mol. The summed E-state index contributed by atoms with van der Waals surface area (Å²) in [5.74, 6) is 0. The van der Waals surface area contributed by atoms with Crippen LogP contribution >= 0.6 is 0 Å². The normalized spacial score (nSPS) is 17.8. The van der Waals surface area contributed by atoms with Crippen molar-refractivity contribution in [2.45, 2.75) is 29.2 Å². The van der Waals surface area contributed by atoms with E-state index in [-0.39, 0.29) is 29.4 Å². The van der Waals surface area contributed by atoms with Crippen molar-refractivity contribution in [3.8, 4) is 0 Å². The fraction of sp³-hybridized carbons (Fsp3) is 0.571. The molecule has 136 valence electrons. The van der Waals surface area contributed by atoms with Gasteiger partial charge in [-0.25, -0.2) is 21.6 Å². The van der Waals surface area contributed by atoms with Crippen LogP contribution in [0, 0.1) is 0 Å². The lowest BCUT2D eigenvalue weighted by molar-refractivity contribution is 0.0730. The van der Waals surface area contributed by atoms with Gasteiger partial charge in [0.15, 0.2) is 0 Å². The zero-order valence-corrected chi connectivity index (χ0v) is 15.4. The van der Waals surface area contributed by atoms with E-state index in [9.17, 15) is 16.8 Å². The molecule has 1 saturated heterocycles. The number of morpholine rings is 1. The number of hydrogen-bond donors (Lipinski definition) is 2. The maximum absolute atomic E-state index is 12.5. The topological polar surface area (TPSA) is 119 Å². The van der Waals surface area contributed by atoms with Gasteiger partial charge in [0.05, 0.1) is 23.0 Å². The highest BCUT2D eigenvalue weighted by Gasteiger charge is 2.28. The standard InChI is InChI=1S/C14H23N3O5S2/c1-14(2,11-15)16-23(18,19)12-3-5-13(6-4-12)24(20,21)17-7-9-22-10-8-17/h3-6,16H,7-11,15H2,1-2H3. The molecule has 3 N–H and O–H groups in total. The summed E-state index contributed by atoms with van der Waals surface area (Å²) in [6, 6.07) is 5.16. The van der Waals surface area contributed by atoms with Crippen LogP contribution in [0.5, 0.6) is 0 Å². The molecule has 0 radical (unpaired) electrons. The smallest absolute Gasteiger partial charge is 0.243 e. The van der Waals surface area contributed by atoms with Crippen molar-refractivity contribution in [2.75, 3.05) is 32.8 Å². The molecule has 1 heterocycles. The van der Waals surface area contributed by atoms with E-state index in [4.69, 9.17) is 10.5 Å². The SMILES string of the molecule is CC(C)(CN)NS(=O)(=O)c1ccc(S(=O)(=O)N2CCOCC2)cc1. The van der Waals surface area contributed by atoms with Crippen LogP contribution in [-0.2, 0) is 24.8 Å². The fourth-order valence-electron chi connectivity index (χ4n) is 2.19. The monoisotopic (exact) mass is 377 g/mol. The van der Waals surface area contributed by atoms with E-state index >= 15 is 0 Å². The number of rotatable bonds is 6. The molecule has 1 aromatic carbocycles. The van der Waals surface area contributed by atoms with Crippen LogP contribution in [0.15, 0.2) is 34.1 Å². The molecule has 0 bridgehead atoms. The fourth-order valence-corrected chi connectivity index (χ4v) is 5.02. The van der Waals surface area contributed by atoms with Gasteiger partial charge in [-0.1, -0.05) is 0 Å². The van der Waals surface area contributed by atoms with Gasteiger partial charge in [-0.2, -0.15) is 4.31 Å². The molecule has 0 amide bonds. The van der Waals surface area contributed by atoms with Crippen molar-refractivity contribution < 1.29 is 21.6 Å². The summed E-state index contributed by atoms with van der Waals surface area (Å²) < 4.78 is 58.6. The zero-order valence-electron chi connectivity index (χ0n) is 13.7. The van der Waals surface area contributed by atoms with Crippen molar-refractivity contribution in [1.82, 2.24) is 9.03 Å². The Morgan fingerprint density at radius 2 is 1.58 bits per heavy atom. The van der Waals surface area contributed by atoms with E-state index in [0.29, 0.717) is 13.2 Å². The number of benzene rings is 1. The largest absolute Gasteiger partial charge is 0.379 e. The highest BCUT2D eigenvalue weighted by Crippen LogP contribution is 2.20. The van der Waals surface area contributed by atoms with Crippen molar-refractivity contribution in [1.29, 1.82) is 0 Å². The lowest BCUT2D eigenvalue weighted by Crippen LogP contribution is -2.48. The van der Waals surface area contributed by atoms with Gasteiger partial charge in [-0.05, 0) is 38.1 Å². The van der Waals surface area contributed by atoms with Crippen LogP contribution in [0.4, 0.5) is 0 Å². The first-order valence-electron chi connectivity index (χ1n) is 7.50. The lowest BCUT2D eigenvalue weighted by Gasteiger charge is -2.26. The number of nitrogens with one attached hydrogen (secondary N) is 1. The number of nitrogens with two attached hydrogens (primary N) is 1. The first-order valence-corrected chi connectivity index (χ1v) is 10.4. The maximum Gasteiger partial charge on any atom is 0.243 e. The van der Waals surface area contributed by atoms with Gasteiger partial charge in [0.2, 0.25) is 20.0 Å². The third kappa shape index (κ3) is 4.32. The number of ether oxygens (including phenoxy) is 1. The average molecular weight is 377 g/mol. The van der Waals surface area contributed by atoms with Gasteiger partial charge in [-0.15, -0.1) is 0 Å². The zero-order chi connectivity index (χ0) is 18.0. The molecule has 1 aromatic rings. The van der Waals surface area contributed by atoms with Crippen molar-refractivity contribution in [3.05, 3.63) is 24.3 Å². The summed E-state index contributed by atoms with van der Waals surface area (Å²) in [7, 11) is -7.42. The van der Waals surface area contributed by atoms with E-state index in [0.717, 1.165) is 0 Å². The second-order valence-corrected chi connectivity index (χ2v) is 9.80. The molecule has 1 aliphatic rings. The number of hydrogen-bond acceptors (Lipinski definition) is 6. The van der Waals surface area contributed by atoms with Gasteiger partial charge in [0.1, 0.15) is 0 Å². The van der Waals surface area contributed by atoms with Crippen LogP contribution in [0.2, 0.25) is 0 Å². The summed E-state index contributed by atoms with van der Waals surface area (Å²) in [4.78, 5) is 0.0476. The molecule has 0 spiro atoms. The van der Waals surface area contributed by atoms with E-state index < -0.39 is 25.6 Å². The first kappa shape index (κ1) is 19.3. The molecule has 1 aliphatic heterocycles. The Kier molecular flexibility index (Phi) is 5.68. The van der Waals surface area contributed by atoms with Crippen LogP contribution in [0.3, 0.4) is 0 Å². The van der Waals surface area contributed by atoms with Gasteiger partial charge < -0.3 is 10.5 Å². The van der Waals surface area contributed by atoms with Crippen LogP contribution in [-0.4, -0.2) is 59.5 Å². The maximum atomic E-state index is 12.5. The molecule has 1 fully saturated rings. The quantitative estimate of drug-likeness (QED) is 0.704. The summed E-state index contributed by atoms with van der Waals surface area (Å²) >= 11 is 0. The Labute approximate surface area is 143 Å². The first-order chi connectivity index (χ1) is 11.1. The van der Waals surface area contributed by atoms with Gasteiger partial charge >= 0.3 is 0 Å².